The first kappa shape index (κ1) is 9.47. The van der Waals surface area contributed by atoms with Gasteiger partial charge in [0, 0.05) is 14.5 Å². The number of nitrogens with two attached hydrogens (primary N) is 1. The van der Waals surface area contributed by atoms with E-state index in [9.17, 15) is 4.79 Å². The molecule has 72 valence electrons. The van der Waals surface area contributed by atoms with E-state index < -0.39 is 0 Å². The van der Waals surface area contributed by atoms with Crippen molar-refractivity contribution in [3.63, 3.8) is 0 Å². The normalized spacial score (nSPS) is 10.4. The van der Waals surface area contributed by atoms with Gasteiger partial charge >= 0.3 is 0 Å². The van der Waals surface area contributed by atoms with Gasteiger partial charge in [0.2, 0.25) is 0 Å². The second-order valence-electron chi connectivity index (χ2n) is 2.89. The molecular formula is C9H8IN3O. The molecule has 0 aliphatic heterocycles. The average Bonchev–Trinajstić information content (AvgIpc) is 2.59. The fraction of sp³-hybridized carbons (Fsp3) is 0. The third kappa shape index (κ3) is 1.60. The summed E-state index contributed by atoms with van der Waals surface area (Å²) in [5.74, 6) is 4.73. The zero-order valence-electron chi connectivity index (χ0n) is 7.17. The Labute approximate surface area is 94.0 Å². The lowest BCUT2D eigenvalue weighted by molar-refractivity contribution is 0.0949. The number of hydrogen-bond acceptors (Lipinski definition) is 2. The molecule has 0 spiro atoms. The maximum Gasteiger partial charge on any atom is 0.281 e. The van der Waals surface area contributed by atoms with Crippen molar-refractivity contribution in [2.24, 2.45) is 5.84 Å². The highest BCUT2D eigenvalue weighted by Crippen LogP contribution is 2.18. The zero-order valence-corrected chi connectivity index (χ0v) is 9.33. The fourth-order valence-corrected chi connectivity index (χ4v) is 1.82. The van der Waals surface area contributed by atoms with Crippen LogP contribution >= 0.6 is 22.6 Å². The molecule has 0 atom stereocenters. The number of aromatic amines is 1. The number of rotatable bonds is 1. The minimum Gasteiger partial charge on any atom is -0.350 e. The summed E-state index contributed by atoms with van der Waals surface area (Å²) < 4.78 is 1.13. The molecule has 1 aromatic carbocycles. The van der Waals surface area contributed by atoms with E-state index in [1.54, 1.807) is 6.07 Å². The number of aromatic nitrogens is 1. The number of carbonyl (C=O) groups is 1. The number of halogens is 1. The molecule has 2 rings (SSSR count). The molecular weight excluding hydrogens is 293 g/mol. The number of fused-ring (bicyclic) bond motifs is 1. The van der Waals surface area contributed by atoms with Crippen LogP contribution in [0.2, 0.25) is 0 Å². The minimum atomic E-state index is -0.309. The summed E-state index contributed by atoms with van der Waals surface area (Å²) in [5.41, 5.74) is 3.50. The summed E-state index contributed by atoms with van der Waals surface area (Å²) in [6.07, 6.45) is 0. The van der Waals surface area contributed by atoms with Gasteiger partial charge in [0.25, 0.3) is 5.91 Å². The van der Waals surface area contributed by atoms with Gasteiger partial charge in [-0.2, -0.15) is 0 Å². The highest BCUT2D eigenvalue weighted by atomic mass is 127. The fourth-order valence-electron chi connectivity index (χ4n) is 1.30. The van der Waals surface area contributed by atoms with Gasteiger partial charge < -0.3 is 4.98 Å². The summed E-state index contributed by atoms with van der Waals surface area (Å²) >= 11 is 2.22. The van der Waals surface area contributed by atoms with Crippen LogP contribution in [0.15, 0.2) is 24.3 Å². The number of hydrazine groups is 1. The summed E-state index contributed by atoms with van der Waals surface area (Å²) in [6.45, 7) is 0. The van der Waals surface area contributed by atoms with Gasteiger partial charge in [0.05, 0.1) is 0 Å². The van der Waals surface area contributed by atoms with Crippen LogP contribution < -0.4 is 11.3 Å². The second-order valence-corrected chi connectivity index (χ2v) is 4.13. The maximum absolute atomic E-state index is 11.2. The van der Waals surface area contributed by atoms with E-state index in [0.717, 1.165) is 14.5 Å². The second kappa shape index (κ2) is 3.58. The molecule has 1 amide bonds. The molecule has 0 fully saturated rings. The van der Waals surface area contributed by atoms with Crippen LogP contribution in [0.5, 0.6) is 0 Å². The quantitative estimate of drug-likeness (QED) is 0.322. The lowest BCUT2D eigenvalue weighted by Gasteiger charge is -1.92. The van der Waals surface area contributed by atoms with E-state index in [4.69, 9.17) is 5.84 Å². The molecule has 0 radical (unpaired) electrons. The van der Waals surface area contributed by atoms with Crippen molar-refractivity contribution >= 4 is 39.4 Å². The van der Waals surface area contributed by atoms with Crippen molar-refractivity contribution in [3.05, 3.63) is 33.5 Å². The molecule has 1 aromatic heterocycles. The van der Waals surface area contributed by atoms with Crippen LogP contribution in [-0.4, -0.2) is 10.9 Å². The van der Waals surface area contributed by atoms with E-state index in [1.807, 2.05) is 18.2 Å². The SMILES string of the molecule is NNC(=O)c1cc2cc(I)ccc2[nH]1. The third-order valence-electron chi connectivity index (χ3n) is 1.96. The number of nitrogens with one attached hydrogen (secondary N) is 2. The predicted octanol–water partition coefficient (Wildman–Crippen LogP) is 1.38. The van der Waals surface area contributed by atoms with Crippen LogP contribution in [0, 0.1) is 3.57 Å². The molecule has 2 aromatic rings. The Morgan fingerprint density at radius 1 is 1.43 bits per heavy atom. The number of amides is 1. The number of H-pyrrole nitrogens is 1. The first-order valence-corrected chi connectivity index (χ1v) is 5.08. The van der Waals surface area contributed by atoms with E-state index in [2.05, 4.69) is 33.0 Å². The molecule has 0 bridgehead atoms. The summed E-state index contributed by atoms with van der Waals surface area (Å²) in [5, 5.41) is 1.01. The van der Waals surface area contributed by atoms with Crippen molar-refractivity contribution < 1.29 is 4.79 Å². The van der Waals surface area contributed by atoms with Gasteiger partial charge in [-0.25, -0.2) is 5.84 Å². The molecule has 0 saturated heterocycles. The highest BCUT2D eigenvalue weighted by molar-refractivity contribution is 14.1. The van der Waals surface area contributed by atoms with E-state index in [0.29, 0.717) is 5.69 Å². The van der Waals surface area contributed by atoms with Crippen LogP contribution in [0.4, 0.5) is 0 Å². The van der Waals surface area contributed by atoms with E-state index in [-0.39, 0.29) is 5.91 Å². The molecule has 4 nitrogen and oxygen atoms in total. The largest absolute Gasteiger partial charge is 0.350 e. The molecule has 0 saturated carbocycles. The molecule has 5 heteroatoms. The zero-order chi connectivity index (χ0) is 10.1. The van der Waals surface area contributed by atoms with Crippen LogP contribution in [0.3, 0.4) is 0 Å². The van der Waals surface area contributed by atoms with Gasteiger partial charge in [0.1, 0.15) is 5.69 Å². The first-order chi connectivity index (χ1) is 6.70. The van der Waals surface area contributed by atoms with Crippen molar-refractivity contribution in [3.8, 4) is 0 Å². The van der Waals surface area contributed by atoms with E-state index >= 15 is 0 Å². The molecule has 0 aliphatic rings. The van der Waals surface area contributed by atoms with Crippen molar-refractivity contribution in [2.45, 2.75) is 0 Å². The number of nitrogen functional groups attached to an aromatic ring is 1. The van der Waals surface area contributed by atoms with E-state index in [1.165, 1.54) is 0 Å². The Hall–Kier alpha value is -1.08. The standard InChI is InChI=1S/C9H8IN3O/c10-6-1-2-7-5(3-6)4-8(12-7)9(14)13-11/h1-4,12H,11H2,(H,13,14). The maximum atomic E-state index is 11.2. The van der Waals surface area contributed by atoms with Crippen LogP contribution in [0.1, 0.15) is 10.5 Å². The van der Waals surface area contributed by atoms with Gasteiger partial charge in [0.15, 0.2) is 0 Å². The molecule has 1 heterocycles. The summed E-state index contributed by atoms with van der Waals surface area (Å²) in [7, 11) is 0. The summed E-state index contributed by atoms with van der Waals surface area (Å²) in [4.78, 5) is 14.2. The minimum absolute atomic E-state index is 0.309. The van der Waals surface area contributed by atoms with Crippen molar-refractivity contribution in [1.29, 1.82) is 0 Å². The molecule has 0 unspecified atom stereocenters. The Morgan fingerprint density at radius 2 is 2.21 bits per heavy atom. The average molecular weight is 301 g/mol. The smallest absolute Gasteiger partial charge is 0.281 e. The third-order valence-corrected chi connectivity index (χ3v) is 2.63. The highest BCUT2D eigenvalue weighted by Gasteiger charge is 2.07. The van der Waals surface area contributed by atoms with Crippen LogP contribution in [0.25, 0.3) is 10.9 Å². The van der Waals surface area contributed by atoms with Crippen LogP contribution in [-0.2, 0) is 0 Å². The number of hydrogen-bond donors (Lipinski definition) is 3. The summed E-state index contributed by atoms with van der Waals surface area (Å²) in [6, 6.07) is 7.69. The van der Waals surface area contributed by atoms with Crippen molar-refractivity contribution in [1.82, 2.24) is 10.4 Å². The Bertz CT molecular complexity index is 492. The first-order valence-electron chi connectivity index (χ1n) is 4.00. The lowest BCUT2D eigenvalue weighted by Crippen LogP contribution is -2.30. The number of benzene rings is 1. The van der Waals surface area contributed by atoms with Gasteiger partial charge in [-0.05, 0) is 46.9 Å². The molecule has 4 N–H and O–H groups in total. The monoisotopic (exact) mass is 301 g/mol. The number of carbonyl (C=O) groups excluding carboxylic acids is 1. The lowest BCUT2D eigenvalue weighted by atomic mass is 10.2. The topological polar surface area (TPSA) is 70.9 Å². The Balaban J connectivity index is 2.56. The molecule has 0 aliphatic carbocycles. The Morgan fingerprint density at radius 3 is 2.93 bits per heavy atom. The Kier molecular flexibility index (Phi) is 2.42. The predicted molar refractivity (Wildman–Crippen MR) is 62.7 cm³/mol. The molecule has 14 heavy (non-hydrogen) atoms. The van der Waals surface area contributed by atoms with Gasteiger partial charge in [-0.15, -0.1) is 0 Å². The van der Waals surface area contributed by atoms with Crippen molar-refractivity contribution in [2.75, 3.05) is 0 Å². The van der Waals surface area contributed by atoms with Gasteiger partial charge in [-0.1, -0.05) is 0 Å². The van der Waals surface area contributed by atoms with Gasteiger partial charge in [-0.3, -0.25) is 10.2 Å².